The molecule has 3 rings (SSSR count). The van der Waals surface area contributed by atoms with Crippen LogP contribution >= 0.6 is 23.6 Å². The molecule has 1 aliphatic heterocycles. The summed E-state index contributed by atoms with van der Waals surface area (Å²) in [5.41, 5.74) is 0.947. The Kier molecular flexibility index (Phi) is 4.34. The number of fused-ring (bicyclic) bond motifs is 1. The summed E-state index contributed by atoms with van der Waals surface area (Å²) in [7, 11) is -3.97. The lowest BCUT2D eigenvalue weighted by molar-refractivity contribution is -0.115. The van der Waals surface area contributed by atoms with E-state index in [1.54, 1.807) is 29.6 Å². The van der Waals surface area contributed by atoms with E-state index in [-0.39, 0.29) is 15.1 Å². The highest BCUT2D eigenvalue weighted by atomic mass is 32.2. The third kappa shape index (κ3) is 3.14. The second-order valence-electron chi connectivity index (χ2n) is 5.98. The van der Waals surface area contributed by atoms with Gasteiger partial charge in [-0.2, -0.15) is 8.42 Å². The highest BCUT2D eigenvalue weighted by Gasteiger charge is 2.35. The molecule has 2 aromatic rings. The normalized spacial score (nSPS) is 15.7. The van der Waals surface area contributed by atoms with E-state index >= 15 is 0 Å². The summed E-state index contributed by atoms with van der Waals surface area (Å²) in [6, 6.07) is 8.01. The number of hydrogen-bond donors (Lipinski definition) is 1. The van der Waals surface area contributed by atoms with E-state index in [4.69, 9.17) is 17.0 Å². The van der Waals surface area contributed by atoms with Crippen molar-refractivity contribution in [3.63, 3.8) is 0 Å². The van der Waals surface area contributed by atoms with E-state index < -0.39 is 21.5 Å². The molecule has 1 aromatic heterocycles. The summed E-state index contributed by atoms with van der Waals surface area (Å²) in [5, 5.41) is 4.84. The van der Waals surface area contributed by atoms with E-state index in [0.29, 0.717) is 5.56 Å². The number of ether oxygens (including phenoxy) is 1. The molecule has 25 heavy (non-hydrogen) atoms. The van der Waals surface area contributed by atoms with Gasteiger partial charge in [0, 0.05) is 18.2 Å². The van der Waals surface area contributed by atoms with Crippen LogP contribution in [0.3, 0.4) is 0 Å². The molecule has 6 nitrogen and oxygen atoms in total. The topological polar surface area (TPSA) is 75.7 Å². The molecule has 0 unspecified atom stereocenters. The van der Waals surface area contributed by atoms with Crippen molar-refractivity contribution in [1.29, 1.82) is 0 Å². The number of benzene rings is 1. The molecule has 2 heterocycles. The Morgan fingerprint density at radius 2 is 2.04 bits per heavy atom. The molecule has 1 aromatic carbocycles. The van der Waals surface area contributed by atoms with Gasteiger partial charge in [0.1, 0.15) is 9.81 Å². The smallest absolute Gasteiger partial charge is 0.280 e. The Morgan fingerprint density at radius 1 is 1.32 bits per heavy atom. The minimum atomic E-state index is -3.97. The SMILES string of the molecule is CC(=O)N(c1ccc2c(c1)C(C)(C)OC(=S)N2)S(=O)(=O)c1cccs1. The van der Waals surface area contributed by atoms with Gasteiger partial charge in [0.25, 0.3) is 15.2 Å². The van der Waals surface area contributed by atoms with Gasteiger partial charge in [-0.25, -0.2) is 4.31 Å². The summed E-state index contributed by atoms with van der Waals surface area (Å²) in [6.45, 7) is 4.88. The minimum Gasteiger partial charge on any atom is -0.460 e. The van der Waals surface area contributed by atoms with Gasteiger partial charge in [-0.05, 0) is 55.7 Å². The molecular weight excluding hydrogens is 380 g/mol. The van der Waals surface area contributed by atoms with Gasteiger partial charge >= 0.3 is 0 Å². The van der Waals surface area contributed by atoms with Crippen LogP contribution in [-0.2, 0) is 25.2 Å². The fraction of sp³-hybridized carbons (Fsp3) is 0.250. The number of rotatable bonds is 3. The number of nitrogens with one attached hydrogen (secondary N) is 1. The average molecular weight is 397 g/mol. The maximum absolute atomic E-state index is 12.9. The Bertz CT molecular complexity index is 950. The third-order valence-electron chi connectivity index (χ3n) is 3.75. The van der Waals surface area contributed by atoms with Crippen molar-refractivity contribution < 1.29 is 17.9 Å². The van der Waals surface area contributed by atoms with Crippen LogP contribution in [-0.4, -0.2) is 19.5 Å². The molecule has 0 saturated heterocycles. The van der Waals surface area contributed by atoms with Gasteiger partial charge in [-0.3, -0.25) is 4.79 Å². The van der Waals surface area contributed by atoms with Crippen molar-refractivity contribution in [2.75, 3.05) is 9.62 Å². The number of nitrogens with zero attached hydrogens (tertiary/aromatic N) is 1. The molecule has 0 fully saturated rings. The molecule has 1 amide bonds. The number of hydrogen-bond acceptors (Lipinski definition) is 6. The van der Waals surface area contributed by atoms with E-state index in [1.807, 2.05) is 13.8 Å². The zero-order valence-corrected chi connectivity index (χ0v) is 16.2. The molecular formula is C16H16N2O4S3. The van der Waals surface area contributed by atoms with Crippen LogP contribution in [0.15, 0.2) is 39.9 Å². The summed E-state index contributed by atoms with van der Waals surface area (Å²) in [5.74, 6) is -0.591. The zero-order valence-electron chi connectivity index (χ0n) is 13.8. The fourth-order valence-corrected chi connectivity index (χ4v) is 5.48. The maximum atomic E-state index is 12.9. The van der Waals surface area contributed by atoms with Crippen LogP contribution in [0.2, 0.25) is 0 Å². The van der Waals surface area contributed by atoms with Crippen LogP contribution in [0.25, 0.3) is 0 Å². The summed E-state index contributed by atoms with van der Waals surface area (Å²) in [4.78, 5) is 12.2. The number of thiocarbonyl (C=S) groups is 1. The summed E-state index contributed by atoms with van der Waals surface area (Å²) < 4.78 is 32.3. The highest BCUT2D eigenvalue weighted by Crippen LogP contribution is 2.39. The second-order valence-corrected chi connectivity index (χ2v) is 9.31. The van der Waals surface area contributed by atoms with Crippen molar-refractivity contribution in [3.05, 3.63) is 41.3 Å². The quantitative estimate of drug-likeness (QED) is 0.801. The molecule has 0 spiro atoms. The van der Waals surface area contributed by atoms with Crippen LogP contribution < -0.4 is 9.62 Å². The molecule has 9 heteroatoms. The lowest BCUT2D eigenvalue weighted by Gasteiger charge is -2.35. The lowest BCUT2D eigenvalue weighted by Crippen LogP contribution is -2.37. The van der Waals surface area contributed by atoms with Crippen molar-refractivity contribution in [1.82, 2.24) is 0 Å². The zero-order chi connectivity index (χ0) is 18.4. The Hall–Kier alpha value is -1.97. The largest absolute Gasteiger partial charge is 0.460 e. The average Bonchev–Trinajstić information content (AvgIpc) is 3.01. The van der Waals surface area contributed by atoms with Crippen LogP contribution in [0.4, 0.5) is 11.4 Å². The van der Waals surface area contributed by atoms with Gasteiger partial charge < -0.3 is 10.1 Å². The molecule has 0 radical (unpaired) electrons. The van der Waals surface area contributed by atoms with Crippen LogP contribution in [0.5, 0.6) is 0 Å². The number of thiophene rings is 1. The summed E-state index contributed by atoms with van der Waals surface area (Å²) in [6.07, 6.45) is 0. The number of carbonyl (C=O) groups excluding carboxylic acids is 1. The van der Waals surface area contributed by atoms with Crippen molar-refractivity contribution >= 4 is 56.0 Å². The van der Waals surface area contributed by atoms with E-state index in [1.165, 1.54) is 13.0 Å². The van der Waals surface area contributed by atoms with E-state index in [2.05, 4.69) is 5.32 Å². The first-order chi connectivity index (χ1) is 11.6. The van der Waals surface area contributed by atoms with Gasteiger partial charge in [-0.15, -0.1) is 11.3 Å². The van der Waals surface area contributed by atoms with E-state index in [0.717, 1.165) is 21.3 Å². The standard InChI is InChI=1S/C16H16N2O4S3/c1-10(19)18(25(20,21)14-5-4-8-24-14)11-6-7-13-12(9-11)16(2,3)22-15(23)17-13/h4-9H,1-3H3,(H,17,23). The lowest BCUT2D eigenvalue weighted by atomic mass is 9.94. The number of sulfonamides is 1. The Balaban J connectivity index is 2.14. The van der Waals surface area contributed by atoms with Crippen LogP contribution in [0.1, 0.15) is 26.3 Å². The highest BCUT2D eigenvalue weighted by molar-refractivity contribution is 7.95. The number of amides is 1. The summed E-state index contributed by atoms with van der Waals surface area (Å²) >= 11 is 6.14. The predicted molar refractivity (Wildman–Crippen MR) is 101 cm³/mol. The first-order valence-corrected chi connectivity index (χ1v) is 10.1. The molecule has 132 valence electrons. The van der Waals surface area contributed by atoms with Gasteiger partial charge in [0.05, 0.1) is 5.69 Å². The first-order valence-electron chi connectivity index (χ1n) is 7.37. The van der Waals surface area contributed by atoms with Crippen molar-refractivity contribution in [2.45, 2.75) is 30.6 Å². The number of carbonyl (C=O) groups is 1. The Labute approximate surface area is 155 Å². The van der Waals surface area contributed by atoms with Gasteiger partial charge in [0.15, 0.2) is 0 Å². The monoisotopic (exact) mass is 396 g/mol. The van der Waals surface area contributed by atoms with Gasteiger partial charge in [0.2, 0.25) is 5.91 Å². The first kappa shape index (κ1) is 17.8. The second kappa shape index (κ2) is 6.08. The third-order valence-corrected chi connectivity index (χ3v) is 7.11. The van der Waals surface area contributed by atoms with Crippen LogP contribution in [0, 0.1) is 0 Å². The number of anilines is 2. The molecule has 1 aliphatic rings. The molecule has 0 aliphatic carbocycles. The maximum Gasteiger partial charge on any atom is 0.280 e. The predicted octanol–water partition coefficient (Wildman–Crippen LogP) is 3.45. The molecule has 0 bridgehead atoms. The minimum absolute atomic E-state index is 0.107. The van der Waals surface area contributed by atoms with Crippen molar-refractivity contribution in [2.24, 2.45) is 0 Å². The molecule has 0 saturated carbocycles. The fourth-order valence-electron chi connectivity index (χ4n) is 2.68. The Morgan fingerprint density at radius 3 is 2.64 bits per heavy atom. The van der Waals surface area contributed by atoms with Gasteiger partial charge in [-0.1, -0.05) is 6.07 Å². The van der Waals surface area contributed by atoms with E-state index in [9.17, 15) is 13.2 Å². The molecule has 1 N–H and O–H groups in total. The molecule has 0 atom stereocenters. The van der Waals surface area contributed by atoms with Crippen molar-refractivity contribution in [3.8, 4) is 0 Å².